The summed E-state index contributed by atoms with van der Waals surface area (Å²) in [5.74, 6) is -0.587. The Morgan fingerprint density at radius 3 is 1.93 bits per heavy atom. The molecule has 0 spiro atoms. The number of aryl methyl sites for hydroxylation is 1. The van der Waals surface area contributed by atoms with Crippen LogP contribution in [0.2, 0.25) is 0 Å². The molecular formula is C37H59N5O4. The molecule has 9 nitrogen and oxygen atoms in total. The zero-order valence-electron chi connectivity index (χ0n) is 28.9. The van der Waals surface area contributed by atoms with Gasteiger partial charge in [0.2, 0.25) is 23.6 Å². The summed E-state index contributed by atoms with van der Waals surface area (Å²) >= 11 is 0. The van der Waals surface area contributed by atoms with Crippen LogP contribution in [0.5, 0.6) is 0 Å². The highest BCUT2D eigenvalue weighted by Gasteiger charge is 2.41. The third-order valence-electron chi connectivity index (χ3n) is 10.7. The average molecular weight is 638 g/mol. The molecule has 1 aromatic carbocycles. The summed E-state index contributed by atoms with van der Waals surface area (Å²) in [5.41, 5.74) is 2.48. The SMILES string of the molecule is CCNC(=O)[C@@H](CC(C)C)N(C)C(=O)[C@H](NC(=O)[C@H](NC(=O)[C@H](NC)C1CCc2ccccc21)C1CCCCC1)C1CCCCC1. The Morgan fingerprint density at radius 1 is 0.783 bits per heavy atom. The topological polar surface area (TPSA) is 120 Å². The van der Waals surface area contributed by atoms with Crippen molar-refractivity contribution >= 4 is 23.6 Å². The van der Waals surface area contributed by atoms with E-state index in [0.717, 1.165) is 77.0 Å². The normalized spacial score (nSPS) is 21.5. The van der Waals surface area contributed by atoms with Gasteiger partial charge in [-0.05, 0) is 87.8 Å². The first-order valence-corrected chi connectivity index (χ1v) is 18.1. The Bertz CT molecular complexity index is 1180. The first-order valence-electron chi connectivity index (χ1n) is 18.1. The number of carbonyl (C=O) groups excluding carboxylic acids is 4. The van der Waals surface area contributed by atoms with E-state index in [-0.39, 0.29) is 47.3 Å². The van der Waals surface area contributed by atoms with E-state index in [0.29, 0.717) is 13.0 Å². The molecule has 2 saturated carbocycles. The summed E-state index contributed by atoms with van der Waals surface area (Å²) < 4.78 is 0. The summed E-state index contributed by atoms with van der Waals surface area (Å²) in [4.78, 5) is 57.4. The van der Waals surface area contributed by atoms with Gasteiger partial charge in [-0.15, -0.1) is 0 Å². The summed E-state index contributed by atoms with van der Waals surface area (Å²) in [6, 6.07) is 5.77. The van der Waals surface area contributed by atoms with E-state index >= 15 is 0 Å². The van der Waals surface area contributed by atoms with Crippen molar-refractivity contribution in [2.75, 3.05) is 20.6 Å². The zero-order chi connectivity index (χ0) is 33.2. The molecule has 1 aromatic rings. The van der Waals surface area contributed by atoms with Gasteiger partial charge in [-0.1, -0.05) is 76.6 Å². The van der Waals surface area contributed by atoms with Crippen molar-refractivity contribution in [2.24, 2.45) is 17.8 Å². The number of amides is 4. The maximum Gasteiger partial charge on any atom is 0.245 e. The molecule has 0 saturated heterocycles. The van der Waals surface area contributed by atoms with Crippen molar-refractivity contribution in [3.63, 3.8) is 0 Å². The van der Waals surface area contributed by atoms with Crippen molar-refractivity contribution in [3.8, 4) is 0 Å². The number of carbonyl (C=O) groups is 4. The fraction of sp³-hybridized carbons (Fsp3) is 0.730. The predicted molar refractivity (Wildman–Crippen MR) is 182 cm³/mol. The molecule has 0 bridgehead atoms. The maximum absolute atomic E-state index is 14.4. The lowest BCUT2D eigenvalue weighted by Gasteiger charge is -2.38. The summed E-state index contributed by atoms with van der Waals surface area (Å²) in [6.45, 7) is 6.46. The molecule has 9 heteroatoms. The van der Waals surface area contributed by atoms with Gasteiger partial charge in [-0.2, -0.15) is 0 Å². The van der Waals surface area contributed by atoms with E-state index in [1.165, 1.54) is 11.1 Å². The number of nitrogens with one attached hydrogen (secondary N) is 4. The molecule has 46 heavy (non-hydrogen) atoms. The number of hydrogen-bond acceptors (Lipinski definition) is 5. The average Bonchev–Trinajstić information content (AvgIpc) is 3.49. The zero-order valence-corrected chi connectivity index (χ0v) is 28.9. The van der Waals surface area contributed by atoms with Gasteiger partial charge in [-0.3, -0.25) is 19.2 Å². The van der Waals surface area contributed by atoms with Crippen molar-refractivity contribution < 1.29 is 19.2 Å². The minimum absolute atomic E-state index is 0.00919. The summed E-state index contributed by atoms with van der Waals surface area (Å²) in [6.07, 6.45) is 12.1. The number of hydrogen-bond donors (Lipinski definition) is 4. The van der Waals surface area contributed by atoms with E-state index in [1.54, 1.807) is 11.9 Å². The van der Waals surface area contributed by atoms with E-state index in [1.807, 2.05) is 40.0 Å². The van der Waals surface area contributed by atoms with Crippen molar-refractivity contribution in [1.29, 1.82) is 0 Å². The third-order valence-corrected chi connectivity index (χ3v) is 10.7. The molecule has 0 aromatic heterocycles. The number of nitrogens with zero attached hydrogens (tertiary/aromatic N) is 1. The van der Waals surface area contributed by atoms with Crippen molar-refractivity contribution in [2.45, 2.75) is 134 Å². The lowest BCUT2D eigenvalue weighted by atomic mass is 9.81. The molecular weight excluding hydrogens is 578 g/mol. The monoisotopic (exact) mass is 637 g/mol. The second-order valence-electron chi connectivity index (χ2n) is 14.4. The fourth-order valence-corrected chi connectivity index (χ4v) is 8.20. The van der Waals surface area contributed by atoms with Gasteiger partial charge >= 0.3 is 0 Å². The number of rotatable bonds is 14. The van der Waals surface area contributed by atoms with Crippen LogP contribution in [-0.2, 0) is 25.6 Å². The van der Waals surface area contributed by atoms with Crippen LogP contribution in [0, 0.1) is 17.8 Å². The Morgan fingerprint density at radius 2 is 1.35 bits per heavy atom. The number of benzene rings is 1. The Labute approximate surface area is 276 Å². The van der Waals surface area contributed by atoms with Gasteiger partial charge in [0.15, 0.2) is 0 Å². The van der Waals surface area contributed by atoms with Crippen molar-refractivity contribution in [3.05, 3.63) is 35.4 Å². The molecule has 0 aliphatic heterocycles. The molecule has 4 amide bonds. The molecule has 0 heterocycles. The molecule has 3 aliphatic carbocycles. The van der Waals surface area contributed by atoms with Crippen LogP contribution >= 0.6 is 0 Å². The van der Waals surface area contributed by atoms with E-state index < -0.39 is 24.2 Å². The highest BCUT2D eigenvalue weighted by molar-refractivity contribution is 5.95. The first kappa shape index (κ1) is 35.9. The van der Waals surface area contributed by atoms with Crippen LogP contribution in [0.1, 0.15) is 115 Å². The summed E-state index contributed by atoms with van der Waals surface area (Å²) in [7, 11) is 3.51. The van der Waals surface area contributed by atoms with Gasteiger partial charge < -0.3 is 26.2 Å². The Hall–Kier alpha value is -2.94. The Kier molecular flexibility index (Phi) is 13.5. The van der Waals surface area contributed by atoms with Gasteiger partial charge in [-0.25, -0.2) is 0 Å². The van der Waals surface area contributed by atoms with Gasteiger partial charge in [0.05, 0.1) is 6.04 Å². The molecule has 1 unspecified atom stereocenters. The quantitative estimate of drug-likeness (QED) is 0.241. The van der Waals surface area contributed by atoms with Crippen LogP contribution in [0.25, 0.3) is 0 Å². The third kappa shape index (κ3) is 8.90. The Balaban J connectivity index is 1.58. The maximum atomic E-state index is 14.4. The van der Waals surface area contributed by atoms with Crippen molar-refractivity contribution in [1.82, 2.24) is 26.2 Å². The minimum atomic E-state index is -0.744. The molecule has 2 fully saturated rings. The number of fused-ring (bicyclic) bond motifs is 1. The van der Waals surface area contributed by atoms with Crippen LogP contribution in [0.15, 0.2) is 24.3 Å². The predicted octanol–water partition coefficient (Wildman–Crippen LogP) is 4.44. The van der Waals surface area contributed by atoms with E-state index in [9.17, 15) is 19.2 Å². The largest absolute Gasteiger partial charge is 0.355 e. The molecule has 256 valence electrons. The first-order chi connectivity index (χ1) is 22.2. The van der Waals surface area contributed by atoms with Gasteiger partial charge in [0.25, 0.3) is 0 Å². The highest BCUT2D eigenvalue weighted by Crippen LogP contribution is 2.36. The molecule has 0 radical (unpaired) electrons. The second kappa shape index (κ2) is 17.3. The second-order valence-corrected chi connectivity index (χ2v) is 14.4. The van der Waals surface area contributed by atoms with Crippen LogP contribution in [0.3, 0.4) is 0 Å². The standard InChI is InChI=1S/C37H59N5O4/c1-6-39-34(43)30(23-24(2)3)42(5)37(46)32(27-18-11-8-12-19-27)41-35(44)31(26-16-9-7-10-17-26)40-36(45)33(38-4)29-22-21-25-15-13-14-20-28(25)29/h13-15,20,24,26-27,29-33,38H,6-12,16-19,21-23H2,1-5H3,(H,39,43)(H,40,45)(H,41,44)/t29?,30-,31-,32-,33-/m1/s1. The van der Waals surface area contributed by atoms with Gasteiger partial charge in [0.1, 0.15) is 18.1 Å². The lowest BCUT2D eigenvalue weighted by molar-refractivity contribution is -0.144. The molecule has 4 N–H and O–H groups in total. The minimum Gasteiger partial charge on any atom is -0.355 e. The van der Waals surface area contributed by atoms with Crippen LogP contribution in [-0.4, -0.2) is 73.3 Å². The smallest absolute Gasteiger partial charge is 0.245 e. The molecule has 4 rings (SSSR count). The van der Waals surface area contributed by atoms with E-state index in [4.69, 9.17) is 0 Å². The highest BCUT2D eigenvalue weighted by atomic mass is 16.2. The van der Waals surface area contributed by atoms with Gasteiger partial charge in [0, 0.05) is 19.5 Å². The van der Waals surface area contributed by atoms with E-state index in [2.05, 4.69) is 33.4 Å². The molecule has 3 aliphatic rings. The fourth-order valence-electron chi connectivity index (χ4n) is 8.20. The van der Waals surface area contributed by atoms with Crippen LogP contribution in [0.4, 0.5) is 0 Å². The summed E-state index contributed by atoms with van der Waals surface area (Å²) in [5, 5.41) is 12.6. The number of likely N-dealkylation sites (N-methyl/N-ethyl adjacent to an activating group) is 3. The van der Waals surface area contributed by atoms with Crippen LogP contribution < -0.4 is 21.3 Å². The lowest BCUT2D eigenvalue weighted by Crippen LogP contribution is -2.61. The molecule has 5 atom stereocenters.